The molecule has 1 spiro atoms. The number of hydrogen-bond donors (Lipinski definition) is 0. The van der Waals surface area contributed by atoms with Crippen molar-refractivity contribution < 1.29 is 9.53 Å². The van der Waals surface area contributed by atoms with Crippen LogP contribution in [-0.2, 0) is 24.2 Å². The van der Waals surface area contributed by atoms with Gasteiger partial charge in [0.2, 0.25) is 5.91 Å². The van der Waals surface area contributed by atoms with Crippen LogP contribution in [0.3, 0.4) is 0 Å². The number of piperidine rings is 1. The maximum absolute atomic E-state index is 13.2. The Morgan fingerprint density at radius 2 is 1.82 bits per heavy atom. The van der Waals surface area contributed by atoms with Gasteiger partial charge in [0.15, 0.2) is 0 Å². The normalized spacial score (nSPS) is 18.7. The Kier molecular flexibility index (Phi) is 8.75. The van der Waals surface area contributed by atoms with E-state index in [4.69, 9.17) is 4.74 Å². The zero-order valence-corrected chi connectivity index (χ0v) is 23.6. The molecular formula is C31H40N4O2S. The van der Waals surface area contributed by atoms with E-state index in [-0.39, 0.29) is 11.3 Å². The van der Waals surface area contributed by atoms with Crippen LogP contribution >= 0.6 is 11.3 Å². The third-order valence-corrected chi connectivity index (χ3v) is 9.32. The maximum Gasteiger partial charge on any atom is 0.227 e. The van der Waals surface area contributed by atoms with Crippen molar-refractivity contribution in [3.63, 3.8) is 0 Å². The molecule has 0 aliphatic carbocycles. The Bertz CT molecular complexity index is 1200. The molecule has 0 bridgehead atoms. The number of benzene rings is 1. The first-order valence-electron chi connectivity index (χ1n) is 14.0. The number of hydrogen-bond acceptors (Lipinski definition) is 6. The highest BCUT2D eigenvalue weighted by Gasteiger charge is 2.37. The van der Waals surface area contributed by atoms with Crippen LogP contribution in [0.2, 0.25) is 0 Å². The lowest BCUT2D eigenvalue weighted by Gasteiger charge is -2.45. The highest BCUT2D eigenvalue weighted by Crippen LogP contribution is 2.39. The van der Waals surface area contributed by atoms with Crippen LogP contribution in [0, 0.1) is 19.3 Å². The zero-order chi connectivity index (χ0) is 26.4. The number of likely N-dealkylation sites (tertiary alicyclic amines) is 1. The monoisotopic (exact) mass is 532 g/mol. The van der Waals surface area contributed by atoms with E-state index in [1.807, 2.05) is 26.2 Å². The van der Waals surface area contributed by atoms with Gasteiger partial charge in [-0.2, -0.15) is 0 Å². The van der Waals surface area contributed by atoms with Gasteiger partial charge in [-0.15, -0.1) is 11.3 Å². The van der Waals surface area contributed by atoms with Crippen molar-refractivity contribution >= 4 is 17.2 Å². The molecule has 2 aromatic heterocycles. The molecule has 1 aromatic carbocycles. The highest BCUT2D eigenvalue weighted by molar-refractivity contribution is 7.11. The van der Waals surface area contributed by atoms with E-state index in [2.05, 4.69) is 56.2 Å². The molecule has 0 atom stereocenters. The number of carbonyl (C=O) groups is 1. The molecule has 0 N–H and O–H groups in total. The van der Waals surface area contributed by atoms with Crippen molar-refractivity contribution in [1.29, 1.82) is 0 Å². The summed E-state index contributed by atoms with van der Waals surface area (Å²) in [6.45, 7) is 9.21. The van der Waals surface area contributed by atoms with Gasteiger partial charge in [-0.25, -0.2) is 4.98 Å². The number of aryl methyl sites for hydroxylation is 3. The van der Waals surface area contributed by atoms with Gasteiger partial charge in [-0.1, -0.05) is 24.6 Å². The Hall–Kier alpha value is -2.77. The first-order chi connectivity index (χ1) is 18.5. The second-order valence-electron chi connectivity index (χ2n) is 11.0. The van der Waals surface area contributed by atoms with Crippen LogP contribution in [0.25, 0.3) is 0 Å². The van der Waals surface area contributed by atoms with Crippen LogP contribution in [-0.4, -0.2) is 58.5 Å². The molecular weight excluding hydrogens is 492 g/mol. The molecule has 6 nitrogen and oxygen atoms in total. The van der Waals surface area contributed by atoms with Crippen molar-refractivity contribution in [3.8, 4) is 5.75 Å². The molecule has 38 heavy (non-hydrogen) atoms. The Morgan fingerprint density at radius 3 is 2.58 bits per heavy atom. The summed E-state index contributed by atoms with van der Waals surface area (Å²) in [5, 5.41) is 1.04. The van der Waals surface area contributed by atoms with Crippen molar-refractivity contribution in [2.75, 3.05) is 32.8 Å². The summed E-state index contributed by atoms with van der Waals surface area (Å²) in [7, 11) is 0. The lowest BCUT2D eigenvalue weighted by molar-refractivity contribution is -0.133. The maximum atomic E-state index is 13.2. The topological polar surface area (TPSA) is 58.6 Å². The number of nitrogens with zero attached hydrogens (tertiary/aromatic N) is 4. The van der Waals surface area contributed by atoms with Crippen LogP contribution < -0.4 is 4.74 Å². The lowest BCUT2D eigenvalue weighted by atomic mass is 9.73. The predicted octanol–water partition coefficient (Wildman–Crippen LogP) is 5.61. The van der Waals surface area contributed by atoms with Gasteiger partial charge in [0.25, 0.3) is 0 Å². The van der Waals surface area contributed by atoms with Crippen molar-refractivity contribution in [2.45, 2.75) is 65.3 Å². The quantitative estimate of drug-likeness (QED) is 0.437. The fourth-order valence-electron chi connectivity index (χ4n) is 6.09. The van der Waals surface area contributed by atoms with E-state index in [1.165, 1.54) is 30.4 Å². The van der Waals surface area contributed by atoms with E-state index >= 15 is 0 Å². The van der Waals surface area contributed by atoms with Crippen molar-refractivity contribution in [1.82, 2.24) is 19.8 Å². The zero-order valence-electron chi connectivity index (χ0n) is 22.8. The summed E-state index contributed by atoms with van der Waals surface area (Å²) in [5.74, 6) is 1.28. The number of pyridine rings is 1. The summed E-state index contributed by atoms with van der Waals surface area (Å²) < 4.78 is 6.31. The van der Waals surface area contributed by atoms with E-state index < -0.39 is 0 Å². The van der Waals surface area contributed by atoms with Gasteiger partial charge in [0.05, 0.1) is 17.1 Å². The van der Waals surface area contributed by atoms with Crippen LogP contribution in [0.1, 0.15) is 58.8 Å². The summed E-state index contributed by atoms with van der Waals surface area (Å²) in [4.78, 5) is 27.7. The largest absolute Gasteiger partial charge is 0.492 e. The number of rotatable bonds is 4. The molecule has 0 radical (unpaired) electrons. The molecule has 3 aromatic rings. The predicted molar refractivity (Wildman–Crippen MR) is 153 cm³/mol. The average molecular weight is 533 g/mol. The summed E-state index contributed by atoms with van der Waals surface area (Å²) in [6.07, 6.45) is 11.0. The second kappa shape index (κ2) is 12.4. The number of aromatic nitrogens is 2. The van der Waals surface area contributed by atoms with Crippen LogP contribution in [0.5, 0.6) is 5.75 Å². The third kappa shape index (κ3) is 6.80. The van der Waals surface area contributed by atoms with Gasteiger partial charge in [-0.3, -0.25) is 14.7 Å². The molecule has 2 aliphatic rings. The molecule has 7 heteroatoms. The number of thiazole rings is 1. The standard InChI is InChI=1S/C31H40N4O2S/c1-24-29(38-25(2)33-24)21-30(36)35-17-13-31(14-18-35)12-6-5-8-27-7-3-4-9-28(27)37-20-19-34(23-31)22-26-10-15-32-16-11-26/h3-4,7,9-11,15-16H,5-6,8,12-14,17-23H2,1-2H3. The van der Waals surface area contributed by atoms with Crippen LogP contribution in [0.4, 0.5) is 0 Å². The smallest absolute Gasteiger partial charge is 0.227 e. The fraction of sp³-hybridized carbons (Fsp3) is 0.516. The van der Waals surface area contributed by atoms with Gasteiger partial charge >= 0.3 is 0 Å². The number of ether oxygens (including phenoxy) is 1. The van der Waals surface area contributed by atoms with Gasteiger partial charge in [0, 0.05) is 50.0 Å². The number of para-hydroxylation sites is 1. The summed E-state index contributed by atoms with van der Waals surface area (Å²) in [6, 6.07) is 12.7. The minimum Gasteiger partial charge on any atom is -0.492 e. The highest BCUT2D eigenvalue weighted by atomic mass is 32.1. The third-order valence-electron chi connectivity index (χ3n) is 8.24. The molecule has 0 unspecified atom stereocenters. The lowest BCUT2D eigenvalue weighted by Crippen LogP contribution is -2.48. The minimum atomic E-state index is 0.222. The van der Waals surface area contributed by atoms with E-state index in [9.17, 15) is 4.79 Å². The van der Waals surface area contributed by atoms with E-state index in [0.717, 1.165) is 73.3 Å². The fourth-order valence-corrected chi connectivity index (χ4v) is 7.02. The van der Waals surface area contributed by atoms with E-state index in [1.54, 1.807) is 11.3 Å². The first-order valence-corrected chi connectivity index (χ1v) is 14.8. The molecule has 5 rings (SSSR count). The Labute approximate surface area is 231 Å². The number of carbonyl (C=O) groups excluding carboxylic acids is 1. The molecule has 1 amide bonds. The SMILES string of the molecule is Cc1nc(C)c(CC(=O)N2CCC3(CCCCc4ccccc4OCCN(Cc4ccncc4)C3)CC2)s1. The molecule has 202 valence electrons. The second-order valence-corrected chi connectivity index (χ2v) is 12.3. The average Bonchev–Trinajstić information content (AvgIpc) is 3.23. The molecule has 1 fully saturated rings. The minimum absolute atomic E-state index is 0.222. The molecule has 0 saturated carbocycles. The van der Waals surface area contributed by atoms with E-state index in [0.29, 0.717) is 13.0 Å². The number of fused-ring (bicyclic) bond motifs is 1. The first kappa shape index (κ1) is 26.8. The van der Waals surface area contributed by atoms with Crippen molar-refractivity contribution in [3.05, 3.63) is 75.5 Å². The molecule has 2 aliphatic heterocycles. The molecule has 4 heterocycles. The summed E-state index contributed by atoms with van der Waals surface area (Å²) >= 11 is 1.66. The van der Waals surface area contributed by atoms with Crippen LogP contribution in [0.15, 0.2) is 48.8 Å². The Balaban J connectivity index is 1.29. The summed E-state index contributed by atoms with van der Waals surface area (Å²) in [5.41, 5.74) is 3.82. The van der Waals surface area contributed by atoms with Gasteiger partial charge < -0.3 is 9.64 Å². The number of amides is 1. The van der Waals surface area contributed by atoms with Gasteiger partial charge in [0.1, 0.15) is 12.4 Å². The van der Waals surface area contributed by atoms with Crippen molar-refractivity contribution in [2.24, 2.45) is 5.41 Å². The Morgan fingerprint density at radius 1 is 1.03 bits per heavy atom. The van der Waals surface area contributed by atoms with Gasteiger partial charge in [-0.05, 0) is 80.7 Å². The molecule has 1 saturated heterocycles.